The lowest BCUT2D eigenvalue weighted by atomic mass is 9.87. The van der Waals surface area contributed by atoms with Gasteiger partial charge in [-0.05, 0) is 49.6 Å². The molecule has 0 saturated heterocycles. The number of aryl methyl sites for hydroxylation is 1. The number of hydrogen-bond acceptors (Lipinski definition) is 5. The molecule has 3 heterocycles. The summed E-state index contributed by atoms with van der Waals surface area (Å²) < 4.78 is 14.1. The second kappa shape index (κ2) is 7.46. The summed E-state index contributed by atoms with van der Waals surface area (Å²) in [5, 5.41) is 3.41. The quantitative estimate of drug-likeness (QED) is 0.527. The lowest BCUT2D eigenvalue weighted by Gasteiger charge is -2.40. The van der Waals surface area contributed by atoms with Crippen molar-refractivity contribution in [3.8, 4) is 0 Å². The molecule has 0 bridgehead atoms. The molecule has 8 heteroatoms. The van der Waals surface area contributed by atoms with Crippen molar-refractivity contribution in [1.82, 2.24) is 19.9 Å². The van der Waals surface area contributed by atoms with Gasteiger partial charge in [-0.15, -0.1) is 0 Å². The lowest BCUT2D eigenvalue weighted by molar-refractivity contribution is 0.0964. The Morgan fingerprint density at radius 1 is 1.19 bits per heavy atom. The molecular weight excluding hydrogens is 395 g/mol. The number of halogens is 1. The van der Waals surface area contributed by atoms with E-state index in [0.29, 0.717) is 34.7 Å². The minimum absolute atomic E-state index is 0.127. The average Bonchev–Trinajstić information content (AvgIpc) is 3.23. The van der Waals surface area contributed by atoms with Crippen LogP contribution in [0.15, 0.2) is 55.1 Å². The minimum Gasteiger partial charge on any atom is -0.364 e. The van der Waals surface area contributed by atoms with E-state index in [9.17, 15) is 9.18 Å². The zero-order valence-electron chi connectivity index (χ0n) is 17.1. The number of fused-ring (bicyclic) bond motifs is 2. The van der Waals surface area contributed by atoms with Crippen LogP contribution in [0, 0.1) is 12.7 Å². The Bertz CT molecular complexity index is 1290. The van der Waals surface area contributed by atoms with Crippen molar-refractivity contribution in [1.29, 1.82) is 0 Å². The van der Waals surface area contributed by atoms with Crippen molar-refractivity contribution in [2.75, 3.05) is 10.2 Å². The first-order valence-corrected chi connectivity index (χ1v) is 10.1. The number of nitrogens with zero attached hydrogens (tertiary/aromatic N) is 4. The van der Waals surface area contributed by atoms with Crippen molar-refractivity contribution in [3.05, 3.63) is 77.6 Å². The van der Waals surface area contributed by atoms with Crippen molar-refractivity contribution in [2.45, 2.75) is 32.4 Å². The van der Waals surface area contributed by atoms with Gasteiger partial charge in [-0.1, -0.05) is 24.3 Å². The van der Waals surface area contributed by atoms with Crippen LogP contribution in [-0.2, 0) is 6.42 Å². The Kier molecular flexibility index (Phi) is 4.62. The molecule has 0 fully saturated rings. The molecule has 4 aromatic rings. The van der Waals surface area contributed by atoms with Gasteiger partial charge in [0, 0.05) is 17.3 Å². The highest BCUT2D eigenvalue weighted by Crippen LogP contribution is 2.33. The maximum Gasteiger partial charge on any atom is 0.259 e. The molecular formula is C23H21FN6O. The number of aromatic amines is 1. The second-order valence-electron chi connectivity index (χ2n) is 7.79. The number of H-pyrrole nitrogens is 1. The second-order valence-corrected chi connectivity index (χ2v) is 7.79. The highest BCUT2D eigenvalue weighted by atomic mass is 19.1. The van der Waals surface area contributed by atoms with Gasteiger partial charge < -0.3 is 15.2 Å². The van der Waals surface area contributed by atoms with Crippen LogP contribution < -0.4 is 10.2 Å². The van der Waals surface area contributed by atoms with Crippen LogP contribution in [0.25, 0.3) is 11.2 Å². The first-order chi connectivity index (χ1) is 15.0. The third-order valence-corrected chi connectivity index (χ3v) is 5.80. The molecule has 0 spiro atoms. The molecule has 1 amide bonds. The lowest BCUT2D eigenvalue weighted by Crippen LogP contribution is -2.53. The van der Waals surface area contributed by atoms with E-state index in [0.717, 1.165) is 11.1 Å². The average molecular weight is 416 g/mol. The zero-order chi connectivity index (χ0) is 21.5. The van der Waals surface area contributed by atoms with Crippen LogP contribution in [0.5, 0.6) is 0 Å². The van der Waals surface area contributed by atoms with Gasteiger partial charge >= 0.3 is 0 Å². The number of hydrogen-bond donors (Lipinski definition) is 2. The minimum atomic E-state index is -0.379. The summed E-state index contributed by atoms with van der Waals surface area (Å²) in [7, 11) is 0. The Morgan fingerprint density at radius 3 is 2.87 bits per heavy atom. The SMILES string of the molecule is Cc1cccc2c1C(=O)N(c1cccc(F)c1)C([C@H](C)Nc1ncnc3nc[nH]c13)C2. The van der Waals surface area contributed by atoms with Gasteiger partial charge in [0.1, 0.15) is 17.7 Å². The van der Waals surface area contributed by atoms with Crippen LogP contribution >= 0.6 is 0 Å². The Morgan fingerprint density at radius 2 is 2.03 bits per heavy atom. The van der Waals surface area contributed by atoms with E-state index in [1.54, 1.807) is 23.4 Å². The Labute approximate surface area is 178 Å². The molecule has 0 radical (unpaired) electrons. The summed E-state index contributed by atoms with van der Waals surface area (Å²) >= 11 is 0. The van der Waals surface area contributed by atoms with Gasteiger partial charge in [-0.25, -0.2) is 19.3 Å². The smallest absolute Gasteiger partial charge is 0.259 e. The van der Waals surface area contributed by atoms with Gasteiger partial charge in [0.15, 0.2) is 11.5 Å². The van der Waals surface area contributed by atoms with E-state index in [-0.39, 0.29) is 23.8 Å². The topological polar surface area (TPSA) is 86.8 Å². The summed E-state index contributed by atoms with van der Waals surface area (Å²) in [6.45, 7) is 3.92. The monoisotopic (exact) mass is 416 g/mol. The summed E-state index contributed by atoms with van der Waals surface area (Å²) in [5.74, 6) is 0.102. The maximum absolute atomic E-state index is 14.1. The fourth-order valence-corrected chi connectivity index (χ4v) is 4.31. The van der Waals surface area contributed by atoms with Crippen LogP contribution in [0.3, 0.4) is 0 Å². The highest BCUT2D eigenvalue weighted by Gasteiger charge is 2.37. The molecule has 2 atom stereocenters. The van der Waals surface area contributed by atoms with Gasteiger partial charge in [-0.3, -0.25) is 4.79 Å². The fraction of sp³-hybridized carbons (Fsp3) is 0.217. The van der Waals surface area contributed by atoms with E-state index in [1.807, 2.05) is 32.0 Å². The van der Waals surface area contributed by atoms with E-state index in [1.165, 1.54) is 18.5 Å². The first kappa shape index (κ1) is 19.2. The Balaban J connectivity index is 1.57. The van der Waals surface area contributed by atoms with E-state index >= 15 is 0 Å². The number of benzene rings is 2. The molecule has 156 valence electrons. The third kappa shape index (κ3) is 3.30. The highest BCUT2D eigenvalue weighted by molar-refractivity contribution is 6.09. The number of imidazole rings is 1. The number of amides is 1. The molecule has 7 nitrogen and oxygen atoms in total. The molecule has 1 unspecified atom stereocenters. The number of anilines is 2. The summed E-state index contributed by atoms with van der Waals surface area (Å²) in [6.07, 6.45) is 3.65. The number of nitrogens with one attached hydrogen (secondary N) is 2. The number of carbonyl (C=O) groups excluding carboxylic acids is 1. The van der Waals surface area contributed by atoms with Gasteiger partial charge in [-0.2, -0.15) is 0 Å². The van der Waals surface area contributed by atoms with Crippen molar-refractivity contribution in [3.63, 3.8) is 0 Å². The van der Waals surface area contributed by atoms with Crippen LogP contribution in [0.1, 0.15) is 28.4 Å². The fourth-order valence-electron chi connectivity index (χ4n) is 4.31. The molecule has 1 aliphatic heterocycles. The third-order valence-electron chi connectivity index (χ3n) is 5.80. The molecule has 2 aromatic heterocycles. The zero-order valence-corrected chi connectivity index (χ0v) is 17.1. The number of rotatable bonds is 4. The van der Waals surface area contributed by atoms with Gasteiger partial charge in [0.2, 0.25) is 0 Å². The van der Waals surface area contributed by atoms with E-state index in [2.05, 4.69) is 25.3 Å². The maximum atomic E-state index is 14.1. The molecule has 2 aromatic carbocycles. The molecule has 0 saturated carbocycles. The predicted molar refractivity (Wildman–Crippen MR) is 117 cm³/mol. The molecule has 31 heavy (non-hydrogen) atoms. The van der Waals surface area contributed by atoms with Crippen LogP contribution in [0.4, 0.5) is 15.9 Å². The van der Waals surface area contributed by atoms with Gasteiger partial charge in [0.25, 0.3) is 5.91 Å². The number of aromatic nitrogens is 4. The van der Waals surface area contributed by atoms with Gasteiger partial charge in [0.05, 0.1) is 12.4 Å². The summed E-state index contributed by atoms with van der Waals surface area (Å²) in [6, 6.07) is 11.6. The van der Waals surface area contributed by atoms with E-state index in [4.69, 9.17) is 0 Å². The predicted octanol–water partition coefficient (Wildman–Crippen LogP) is 3.87. The van der Waals surface area contributed by atoms with Crippen molar-refractivity contribution in [2.24, 2.45) is 0 Å². The van der Waals surface area contributed by atoms with E-state index < -0.39 is 0 Å². The summed E-state index contributed by atoms with van der Waals surface area (Å²) in [4.78, 5) is 31.0. The molecule has 2 N–H and O–H groups in total. The molecule has 5 rings (SSSR count). The molecule has 0 aliphatic carbocycles. The molecule has 1 aliphatic rings. The van der Waals surface area contributed by atoms with Crippen molar-refractivity contribution >= 4 is 28.6 Å². The Hall–Kier alpha value is -3.81. The first-order valence-electron chi connectivity index (χ1n) is 10.1. The normalized spacial score (nSPS) is 16.9. The largest absolute Gasteiger partial charge is 0.364 e. The summed E-state index contributed by atoms with van der Waals surface area (Å²) in [5.41, 5.74) is 4.39. The van der Waals surface area contributed by atoms with Crippen LogP contribution in [-0.4, -0.2) is 37.9 Å². The van der Waals surface area contributed by atoms with Crippen LogP contribution in [0.2, 0.25) is 0 Å². The van der Waals surface area contributed by atoms with Crippen molar-refractivity contribution < 1.29 is 9.18 Å². The standard InChI is InChI=1S/C23H21FN6O/c1-13-5-3-6-15-9-18(14(2)29-22-20-21(26-11-25-20)27-12-28-22)30(23(31)19(13)15)17-8-4-7-16(24)10-17/h3-8,10-12,14,18H,9H2,1-2H3,(H2,25,26,27,28,29)/t14-,18?/m0/s1. The number of carbonyl (C=O) groups is 1.